The number of hydrogen-bond donors (Lipinski definition) is 0. The summed E-state index contributed by atoms with van der Waals surface area (Å²) < 4.78 is 13.6. The van der Waals surface area contributed by atoms with E-state index < -0.39 is 10.7 Å². The molecule has 0 aliphatic carbocycles. The first kappa shape index (κ1) is 11.5. The van der Waals surface area contributed by atoms with Gasteiger partial charge in [0.1, 0.15) is 5.82 Å². The van der Waals surface area contributed by atoms with Gasteiger partial charge < -0.3 is 0 Å². The minimum atomic E-state index is -0.546. The van der Waals surface area contributed by atoms with E-state index in [0.29, 0.717) is 5.02 Å². The molecule has 0 heterocycles. The normalized spacial score (nSPS) is 10.2. The van der Waals surface area contributed by atoms with Crippen LogP contribution in [-0.2, 0) is 0 Å². The first-order valence-electron chi connectivity index (χ1n) is 4.78. The van der Waals surface area contributed by atoms with Crippen LogP contribution in [0.3, 0.4) is 0 Å². The zero-order valence-electron chi connectivity index (χ0n) is 8.56. The summed E-state index contributed by atoms with van der Waals surface area (Å²) in [4.78, 5) is 10.3. The molecule has 2 aromatic carbocycles. The van der Waals surface area contributed by atoms with E-state index in [0.717, 1.165) is 0 Å². The standard InChI is InChI=1S/C12H7ClFNO2/c13-8-5-6-11(14)10(7-8)9-3-1-2-4-12(9)15(16)17/h1-7H. The Balaban J connectivity index is 2.68. The molecule has 0 radical (unpaired) electrons. The van der Waals surface area contributed by atoms with Crippen LogP contribution < -0.4 is 0 Å². The van der Waals surface area contributed by atoms with Crippen molar-refractivity contribution in [3.8, 4) is 11.1 Å². The quantitative estimate of drug-likeness (QED) is 0.597. The second kappa shape index (κ2) is 4.51. The SMILES string of the molecule is O=[N+]([O-])c1ccccc1-c1cc(Cl)ccc1F. The number of halogens is 2. The fourth-order valence-electron chi connectivity index (χ4n) is 1.56. The summed E-state index contributed by atoms with van der Waals surface area (Å²) in [5.74, 6) is -0.538. The van der Waals surface area contributed by atoms with E-state index in [2.05, 4.69) is 0 Å². The highest BCUT2D eigenvalue weighted by Gasteiger charge is 2.17. The summed E-state index contributed by atoms with van der Waals surface area (Å²) in [7, 11) is 0. The average molecular weight is 252 g/mol. The van der Waals surface area contributed by atoms with Crippen molar-refractivity contribution in [1.29, 1.82) is 0 Å². The monoisotopic (exact) mass is 251 g/mol. The predicted molar refractivity (Wildman–Crippen MR) is 63.5 cm³/mol. The fraction of sp³-hybridized carbons (Fsp3) is 0. The number of hydrogen-bond acceptors (Lipinski definition) is 2. The van der Waals surface area contributed by atoms with Gasteiger partial charge in [-0.3, -0.25) is 10.1 Å². The lowest BCUT2D eigenvalue weighted by Crippen LogP contribution is -1.93. The minimum absolute atomic E-state index is 0.129. The summed E-state index contributed by atoms with van der Waals surface area (Å²) in [6.45, 7) is 0. The van der Waals surface area contributed by atoms with Crippen LogP contribution in [-0.4, -0.2) is 4.92 Å². The second-order valence-corrected chi connectivity index (χ2v) is 3.83. The third kappa shape index (κ3) is 2.26. The molecule has 0 aliphatic rings. The molecule has 0 saturated heterocycles. The summed E-state index contributed by atoms with van der Waals surface area (Å²) in [6.07, 6.45) is 0. The molecule has 0 fully saturated rings. The Bertz CT molecular complexity index is 586. The third-order valence-electron chi connectivity index (χ3n) is 2.32. The first-order valence-corrected chi connectivity index (χ1v) is 5.16. The number of para-hydroxylation sites is 1. The van der Waals surface area contributed by atoms with Crippen molar-refractivity contribution in [3.05, 3.63) is 63.4 Å². The zero-order valence-corrected chi connectivity index (χ0v) is 9.32. The van der Waals surface area contributed by atoms with Crippen molar-refractivity contribution in [2.45, 2.75) is 0 Å². The van der Waals surface area contributed by atoms with E-state index in [4.69, 9.17) is 11.6 Å². The molecule has 0 bridgehead atoms. The van der Waals surface area contributed by atoms with Crippen molar-refractivity contribution in [3.63, 3.8) is 0 Å². The van der Waals surface area contributed by atoms with Crippen molar-refractivity contribution in [2.24, 2.45) is 0 Å². The Hall–Kier alpha value is -1.94. The van der Waals surface area contributed by atoms with Crippen LogP contribution >= 0.6 is 11.6 Å². The maximum atomic E-state index is 13.6. The van der Waals surface area contributed by atoms with Gasteiger partial charge in [-0.25, -0.2) is 4.39 Å². The molecule has 0 saturated carbocycles. The van der Waals surface area contributed by atoms with Gasteiger partial charge in [0, 0.05) is 16.7 Å². The van der Waals surface area contributed by atoms with E-state index in [1.165, 1.54) is 36.4 Å². The summed E-state index contributed by atoms with van der Waals surface area (Å²) in [6, 6.07) is 9.93. The van der Waals surface area contributed by atoms with E-state index >= 15 is 0 Å². The topological polar surface area (TPSA) is 43.1 Å². The Labute approximate surface area is 102 Å². The maximum absolute atomic E-state index is 13.6. The molecule has 0 unspecified atom stereocenters. The van der Waals surface area contributed by atoms with Crippen LogP contribution in [0.1, 0.15) is 0 Å². The molecule has 0 aliphatic heterocycles. The molecule has 17 heavy (non-hydrogen) atoms. The Morgan fingerprint density at radius 2 is 1.82 bits per heavy atom. The van der Waals surface area contributed by atoms with Gasteiger partial charge >= 0.3 is 0 Å². The fourth-order valence-corrected chi connectivity index (χ4v) is 1.74. The van der Waals surface area contributed by atoms with Crippen LogP contribution in [0, 0.1) is 15.9 Å². The molecule has 5 heteroatoms. The van der Waals surface area contributed by atoms with Gasteiger partial charge in [-0.05, 0) is 24.3 Å². The van der Waals surface area contributed by atoms with Gasteiger partial charge in [-0.15, -0.1) is 0 Å². The number of benzene rings is 2. The van der Waals surface area contributed by atoms with Gasteiger partial charge in [0.25, 0.3) is 5.69 Å². The number of nitro benzene ring substituents is 1. The van der Waals surface area contributed by atoms with Gasteiger partial charge in [0.05, 0.1) is 10.5 Å². The van der Waals surface area contributed by atoms with E-state index in [9.17, 15) is 14.5 Å². The zero-order chi connectivity index (χ0) is 12.4. The van der Waals surface area contributed by atoms with Gasteiger partial charge in [0.2, 0.25) is 0 Å². The molecule has 0 N–H and O–H groups in total. The summed E-state index contributed by atoms with van der Waals surface area (Å²) >= 11 is 5.76. The molecule has 0 atom stereocenters. The summed E-state index contributed by atoms with van der Waals surface area (Å²) in [5, 5.41) is 11.2. The van der Waals surface area contributed by atoms with E-state index in [1.807, 2.05) is 0 Å². The highest BCUT2D eigenvalue weighted by Crippen LogP contribution is 2.32. The van der Waals surface area contributed by atoms with Crippen LogP contribution in [0.5, 0.6) is 0 Å². The highest BCUT2D eigenvalue weighted by molar-refractivity contribution is 6.30. The second-order valence-electron chi connectivity index (χ2n) is 3.40. The minimum Gasteiger partial charge on any atom is -0.258 e. The number of rotatable bonds is 2. The predicted octanol–water partition coefficient (Wildman–Crippen LogP) is 4.05. The maximum Gasteiger partial charge on any atom is 0.277 e. The van der Waals surface area contributed by atoms with Crippen molar-refractivity contribution >= 4 is 17.3 Å². The molecule has 86 valence electrons. The van der Waals surface area contributed by atoms with Crippen LogP contribution in [0.4, 0.5) is 10.1 Å². The van der Waals surface area contributed by atoms with Crippen LogP contribution in [0.25, 0.3) is 11.1 Å². The lowest BCUT2D eigenvalue weighted by Gasteiger charge is -2.04. The van der Waals surface area contributed by atoms with Gasteiger partial charge in [-0.2, -0.15) is 0 Å². The molecule has 3 nitrogen and oxygen atoms in total. The third-order valence-corrected chi connectivity index (χ3v) is 2.55. The molecule has 0 aromatic heterocycles. The van der Waals surface area contributed by atoms with Crippen molar-refractivity contribution in [1.82, 2.24) is 0 Å². The molecule has 2 rings (SSSR count). The van der Waals surface area contributed by atoms with Crippen molar-refractivity contribution < 1.29 is 9.31 Å². The number of nitro groups is 1. The van der Waals surface area contributed by atoms with E-state index in [1.54, 1.807) is 6.07 Å². The Morgan fingerprint density at radius 1 is 1.12 bits per heavy atom. The largest absolute Gasteiger partial charge is 0.277 e. The van der Waals surface area contributed by atoms with E-state index in [-0.39, 0.29) is 16.8 Å². The first-order chi connectivity index (χ1) is 8.09. The summed E-state index contributed by atoms with van der Waals surface area (Å²) in [5.41, 5.74) is 0.205. The number of nitrogens with zero attached hydrogens (tertiary/aromatic N) is 1. The molecule has 0 amide bonds. The smallest absolute Gasteiger partial charge is 0.258 e. The molecule has 2 aromatic rings. The van der Waals surface area contributed by atoms with Gasteiger partial charge in [-0.1, -0.05) is 23.7 Å². The van der Waals surface area contributed by atoms with Crippen LogP contribution in [0.2, 0.25) is 5.02 Å². The van der Waals surface area contributed by atoms with Gasteiger partial charge in [0.15, 0.2) is 0 Å². The Morgan fingerprint density at radius 3 is 2.53 bits per heavy atom. The molecular weight excluding hydrogens is 245 g/mol. The van der Waals surface area contributed by atoms with Crippen molar-refractivity contribution in [2.75, 3.05) is 0 Å². The molecular formula is C12H7ClFNO2. The lowest BCUT2D eigenvalue weighted by atomic mass is 10.0. The Kier molecular flexibility index (Phi) is 3.06. The average Bonchev–Trinajstić information content (AvgIpc) is 2.32. The molecule has 0 spiro atoms. The van der Waals surface area contributed by atoms with Crippen LogP contribution in [0.15, 0.2) is 42.5 Å². The lowest BCUT2D eigenvalue weighted by molar-refractivity contribution is -0.384. The highest BCUT2D eigenvalue weighted by atomic mass is 35.5.